The van der Waals surface area contributed by atoms with Crippen LogP contribution in [-0.2, 0) is 11.2 Å². The van der Waals surface area contributed by atoms with E-state index < -0.39 is 5.63 Å². The highest BCUT2D eigenvalue weighted by Gasteiger charge is 2.16. The van der Waals surface area contributed by atoms with Gasteiger partial charge in [0, 0.05) is 40.3 Å². The third-order valence-corrected chi connectivity index (χ3v) is 6.07. The lowest BCUT2D eigenvalue weighted by Gasteiger charge is -2.11. The second-order valence-corrected chi connectivity index (χ2v) is 8.05. The number of carbonyl (C=O) groups is 1. The molecule has 0 bridgehead atoms. The number of methoxy groups -OCH3 is 2. The fourth-order valence-corrected chi connectivity index (χ4v) is 4.26. The van der Waals surface area contributed by atoms with Gasteiger partial charge in [-0.2, -0.15) is 0 Å². The van der Waals surface area contributed by atoms with E-state index in [-0.39, 0.29) is 18.7 Å². The highest BCUT2D eigenvalue weighted by Crippen LogP contribution is 2.36. The molecule has 0 saturated heterocycles. The predicted molar refractivity (Wildman–Crippen MR) is 131 cm³/mol. The molecule has 172 valence electrons. The highest BCUT2D eigenvalue weighted by atomic mass is 16.5. The molecular weight excluding hydrogens is 434 g/mol. The van der Waals surface area contributed by atoms with E-state index >= 15 is 0 Å². The van der Waals surface area contributed by atoms with Crippen molar-refractivity contribution in [3.05, 3.63) is 76.1 Å². The number of rotatable bonds is 6. The lowest BCUT2D eigenvalue weighted by atomic mass is 10.0. The smallest absolute Gasteiger partial charge is 0.339 e. The number of hydrogen-bond acceptors (Lipinski definition) is 6. The van der Waals surface area contributed by atoms with Crippen LogP contribution in [0.2, 0.25) is 0 Å². The monoisotopic (exact) mass is 457 g/mol. The maximum absolute atomic E-state index is 12.8. The van der Waals surface area contributed by atoms with Crippen molar-refractivity contribution < 1.29 is 23.1 Å². The Balaban J connectivity index is 1.39. The van der Waals surface area contributed by atoms with Crippen LogP contribution in [0, 0.1) is 6.92 Å². The number of benzene rings is 3. The third kappa shape index (κ3) is 3.75. The fraction of sp³-hybridized carbons (Fsp3) is 0.185. The molecule has 34 heavy (non-hydrogen) atoms. The Morgan fingerprint density at radius 2 is 1.68 bits per heavy atom. The van der Waals surface area contributed by atoms with Crippen molar-refractivity contribution in [1.29, 1.82) is 0 Å². The van der Waals surface area contributed by atoms with Gasteiger partial charge in [-0.25, -0.2) is 4.79 Å². The predicted octanol–water partition coefficient (Wildman–Crippen LogP) is 5.59. The molecule has 0 saturated carbocycles. The zero-order valence-corrected chi connectivity index (χ0v) is 19.1. The first-order valence-corrected chi connectivity index (χ1v) is 10.9. The van der Waals surface area contributed by atoms with Gasteiger partial charge in [0.05, 0.1) is 19.9 Å². The molecular formula is C27H23NO6. The minimum atomic E-state index is -0.452. The summed E-state index contributed by atoms with van der Waals surface area (Å²) in [6, 6.07) is 16.7. The molecule has 0 fully saturated rings. The number of fused-ring (bicyclic) bond motifs is 4. The number of para-hydroxylation sites is 1. The van der Waals surface area contributed by atoms with E-state index in [9.17, 15) is 9.59 Å². The van der Waals surface area contributed by atoms with Crippen LogP contribution in [-0.4, -0.2) is 20.1 Å². The minimum absolute atomic E-state index is 0.106. The molecule has 7 nitrogen and oxygen atoms in total. The van der Waals surface area contributed by atoms with Crippen molar-refractivity contribution in [3.8, 4) is 11.5 Å². The fourth-order valence-electron chi connectivity index (χ4n) is 4.26. The molecule has 0 radical (unpaired) electrons. The molecule has 0 aliphatic heterocycles. The average molecular weight is 457 g/mol. The van der Waals surface area contributed by atoms with Gasteiger partial charge in [0.2, 0.25) is 5.91 Å². The average Bonchev–Trinajstić information content (AvgIpc) is 3.20. The van der Waals surface area contributed by atoms with E-state index in [0.29, 0.717) is 33.9 Å². The van der Waals surface area contributed by atoms with Crippen LogP contribution >= 0.6 is 0 Å². The number of nitrogens with one attached hydrogen (secondary N) is 1. The molecule has 0 spiro atoms. The van der Waals surface area contributed by atoms with E-state index in [2.05, 4.69) is 5.32 Å². The van der Waals surface area contributed by atoms with Crippen molar-refractivity contribution in [1.82, 2.24) is 0 Å². The Morgan fingerprint density at radius 1 is 0.882 bits per heavy atom. The van der Waals surface area contributed by atoms with Crippen LogP contribution < -0.4 is 20.4 Å². The Kier molecular flexibility index (Phi) is 5.45. The molecule has 1 amide bonds. The summed E-state index contributed by atoms with van der Waals surface area (Å²) >= 11 is 0. The van der Waals surface area contributed by atoms with E-state index in [1.165, 1.54) is 0 Å². The van der Waals surface area contributed by atoms with Gasteiger partial charge in [-0.15, -0.1) is 0 Å². The van der Waals surface area contributed by atoms with E-state index in [0.717, 1.165) is 27.3 Å². The number of anilines is 1. The number of amides is 1. The largest absolute Gasteiger partial charge is 0.497 e. The molecule has 5 aromatic rings. The Bertz CT molecular complexity index is 1610. The summed E-state index contributed by atoms with van der Waals surface area (Å²) in [6.07, 6.45) is 0.353. The van der Waals surface area contributed by atoms with Crippen LogP contribution in [0.15, 0.2) is 68.2 Å². The standard InChI is InChI=1S/C27H23NO6/c1-15-17-9-8-16(31-2)12-23(17)34-27(30)18(15)10-11-26(29)28-21-14-24-20(13-25(21)32-3)19-6-4-5-7-22(19)33-24/h4-9,12-14H,10-11H2,1-3H3,(H,28,29). The summed E-state index contributed by atoms with van der Waals surface area (Å²) in [7, 11) is 3.11. The summed E-state index contributed by atoms with van der Waals surface area (Å²) in [5.41, 5.74) is 3.20. The molecule has 5 rings (SSSR count). The van der Waals surface area contributed by atoms with Crippen molar-refractivity contribution in [3.63, 3.8) is 0 Å². The van der Waals surface area contributed by atoms with Gasteiger partial charge >= 0.3 is 5.63 Å². The summed E-state index contributed by atoms with van der Waals surface area (Å²) < 4.78 is 22.1. The maximum Gasteiger partial charge on any atom is 0.339 e. The van der Waals surface area contributed by atoms with Crippen molar-refractivity contribution >= 4 is 44.5 Å². The van der Waals surface area contributed by atoms with E-state index in [1.807, 2.05) is 49.4 Å². The van der Waals surface area contributed by atoms with Crippen molar-refractivity contribution in [2.45, 2.75) is 19.8 Å². The Hall–Kier alpha value is -4.26. The van der Waals surface area contributed by atoms with Crippen molar-refractivity contribution in [2.75, 3.05) is 19.5 Å². The molecule has 0 atom stereocenters. The minimum Gasteiger partial charge on any atom is -0.497 e. The number of aryl methyl sites for hydroxylation is 1. The van der Waals surface area contributed by atoms with E-state index in [1.54, 1.807) is 26.4 Å². The summed E-state index contributed by atoms with van der Waals surface area (Å²) in [5.74, 6) is 0.891. The first-order chi connectivity index (χ1) is 16.5. The summed E-state index contributed by atoms with van der Waals surface area (Å²) in [5, 5.41) is 5.58. The maximum atomic E-state index is 12.8. The summed E-state index contributed by atoms with van der Waals surface area (Å²) in [6.45, 7) is 1.86. The quantitative estimate of drug-likeness (QED) is 0.334. The third-order valence-electron chi connectivity index (χ3n) is 6.07. The van der Waals surface area contributed by atoms with Crippen LogP contribution in [0.4, 0.5) is 5.69 Å². The Labute approximate surface area is 194 Å². The number of ether oxygens (including phenoxy) is 2. The summed E-state index contributed by atoms with van der Waals surface area (Å²) in [4.78, 5) is 25.4. The topological polar surface area (TPSA) is 90.9 Å². The Morgan fingerprint density at radius 3 is 2.47 bits per heavy atom. The molecule has 7 heteroatoms. The number of furan rings is 1. The molecule has 0 aliphatic carbocycles. The van der Waals surface area contributed by atoms with Gasteiger partial charge in [-0.1, -0.05) is 18.2 Å². The zero-order chi connectivity index (χ0) is 23.8. The lowest BCUT2D eigenvalue weighted by molar-refractivity contribution is -0.116. The van der Waals surface area contributed by atoms with Gasteiger partial charge in [-0.3, -0.25) is 4.79 Å². The molecule has 2 aromatic heterocycles. The van der Waals surface area contributed by atoms with Gasteiger partial charge in [0.1, 0.15) is 28.2 Å². The molecule has 0 aliphatic rings. The normalized spacial score (nSPS) is 11.3. The molecule has 0 unspecified atom stereocenters. The first-order valence-electron chi connectivity index (χ1n) is 10.9. The zero-order valence-electron chi connectivity index (χ0n) is 19.1. The highest BCUT2D eigenvalue weighted by molar-refractivity contribution is 6.07. The SMILES string of the molecule is COc1ccc2c(C)c(CCC(=O)Nc3cc4oc5ccccc5c4cc3OC)c(=O)oc2c1. The van der Waals surface area contributed by atoms with Crippen LogP contribution in [0.5, 0.6) is 11.5 Å². The first kappa shape index (κ1) is 21.6. The van der Waals surface area contributed by atoms with Gasteiger partial charge < -0.3 is 23.6 Å². The molecule has 2 heterocycles. The van der Waals surface area contributed by atoms with Gasteiger partial charge in [0.15, 0.2) is 0 Å². The van der Waals surface area contributed by atoms with Crippen molar-refractivity contribution in [2.24, 2.45) is 0 Å². The van der Waals surface area contributed by atoms with Gasteiger partial charge in [-0.05, 0) is 43.2 Å². The van der Waals surface area contributed by atoms with Crippen LogP contribution in [0.3, 0.4) is 0 Å². The number of carbonyl (C=O) groups excluding carboxylic acids is 1. The lowest BCUT2D eigenvalue weighted by Crippen LogP contribution is -2.17. The molecule has 3 aromatic carbocycles. The van der Waals surface area contributed by atoms with Crippen LogP contribution in [0.25, 0.3) is 32.9 Å². The second-order valence-electron chi connectivity index (χ2n) is 8.05. The van der Waals surface area contributed by atoms with Crippen LogP contribution in [0.1, 0.15) is 17.5 Å². The molecule has 1 N–H and O–H groups in total. The van der Waals surface area contributed by atoms with Gasteiger partial charge in [0.25, 0.3) is 0 Å². The van der Waals surface area contributed by atoms with E-state index in [4.69, 9.17) is 18.3 Å². The number of hydrogen-bond donors (Lipinski definition) is 1. The second kappa shape index (κ2) is 8.59.